The number of aromatic nitrogens is 1. The molecule has 1 N–H and O–H groups in total. The first-order valence-corrected chi connectivity index (χ1v) is 6.42. The first kappa shape index (κ1) is 11.1. The van der Waals surface area contributed by atoms with Gasteiger partial charge in [-0.25, -0.2) is 4.79 Å². The predicted octanol–water partition coefficient (Wildman–Crippen LogP) is 3.94. The van der Waals surface area contributed by atoms with Crippen molar-refractivity contribution < 1.29 is 4.42 Å². The van der Waals surface area contributed by atoms with Crippen molar-refractivity contribution in [3.63, 3.8) is 0 Å². The quantitative estimate of drug-likeness (QED) is 0.527. The monoisotopic (exact) mass is 261 g/mol. The SMILES string of the molecule is O=c1ccc2ccc(-c3c[nH]c4ccccc34)cc2o1. The van der Waals surface area contributed by atoms with Crippen molar-refractivity contribution >= 4 is 21.9 Å². The first-order valence-electron chi connectivity index (χ1n) is 6.42. The lowest BCUT2D eigenvalue weighted by molar-refractivity contribution is 0.561. The normalized spacial score (nSPS) is 11.2. The van der Waals surface area contributed by atoms with Crippen LogP contribution in [0.1, 0.15) is 0 Å². The van der Waals surface area contributed by atoms with Gasteiger partial charge in [0.25, 0.3) is 0 Å². The molecule has 0 amide bonds. The molecule has 0 bridgehead atoms. The molecule has 0 unspecified atom stereocenters. The van der Waals surface area contributed by atoms with Gasteiger partial charge in [-0.3, -0.25) is 0 Å². The smallest absolute Gasteiger partial charge is 0.336 e. The molecule has 2 aromatic carbocycles. The van der Waals surface area contributed by atoms with Crippen molar-refractivity contribution in [1.82, 2.24) is 4.98 Å². The van der Waals surface area contributed by atoms with Crippen LogP contribution in [0.15, 0.2) is 70.0 Å². The van der Waals surface area contributed by atoms with E-state index in [-0.39, 0.29) is 5.63 Å². The summed E-state index contributed by atoms with van der Waals surface area (Å²) in [5.41, 5.74) is 3.52. The average Bonchev–Trinajstić information content (AvgIpc) is 2.90. The van der Waals surface area contributed by atoms with Gasteiger partial charge in [0.15, 0.2) is 0 Å². The molecule has 0 aliphatic carbocycles. The molecule has 96 valence electrons. The molecule has 0 radical (unpaired) electrons. The summed E-state index contributed by atoms with van der Waals surface area (Å²) in [6.07, 6.45) is 1.98. The fraction of sp³-hybridized carbons (Fsp3) is 0. The van der Waals surface area contributed by atoms with E-state index in [0.717, 1.165) is 27.4 Å². The Bertz CT molecular complexity index is 979. The zero-order chi connectivity index (χ0) is 13.5. The highest BCUT2D eigenvalue weighted by Crippen LogP contribution is 2.30. The lowest BCUT2D eigenvalue weighted by atomic mass is 10.0. The summed E-state index contributed by atoms with van der Waals surface area (Å²) in [5.74, 6) is 0. The molecule has 0 saturated heterocycles. The van der Waals surface area contributed by atoms with Crippen molar-refractivity contribution in [2.75, 3.05) is 0 Å². The third-order valence-corrected chi connectivity index (χ3v) is 3.52. The van der Waals surface area contributed by atoms with Crippen LogP contribution in [0.25, 0.3) is 33.0 Å². The van der Waals surface area contributed by atoms with Crippen LogP contribution in [-0.2, 0) is 0 Å². The fourth-order valence-electron chi connectivity index (χ4n) is 2.54. The molecule has 0 atom stereocenters. The molecule has 4 rings (SSSR count). The summed E-state index contributed by atoms with van der Waals surface area (Å²) < 4.78 is 5.25. The first-order chi connectivity index (χ1) is 9.81. The van der Waals surface area contributed by atoms with Gasteiger partial charge < -0.3 is 9.40 Å². The molecule has 3 heteroatoms. The van der Waals surface area contributed by atoms with Crippen LogP contribution in [0.3, 0.4) is 0 Å². The fourth-order valence-corrected chi connectivity index (χ4v) is 2.54. The van der Waals surface area contributed by atoms with Crippen molar-refractivity contribution in [2.45, 2.75) is 0 Å². The van der Waals surface area contributed by atoms with Gasteiger partial charge >= 0.3 is 5.63 Å². The van der Waals surface area contributed by atoms with Crippen molar-refractivity contribution in [1.29, 1.82) is 0 Å². The Morgan fingerprint density at radius 2 is 1.80 bits per heavy atom. The highest BCUT2D eigenvalue weighted by molar-refractivity contribution is 5.97. The van der Waals surface area contributed by atoms with Gasteiger partial charge in [0.05, 0.1) is 0 Å². The Hall–Kier alpha value is -2.81. The van der Waals surface area contributed by atoms with Crippen molar-refractivity contribution in [2.24, 2.45) is 0 Å². The third kappa shape index (κ3) is 1.64. The molecular weight excluding hydrogens is 250 g/mol. The summed E-state index contributed by atoms with van der Waals surface area (Å²) >= 11 is 0. The van der Waals surface area contributed by atoms with E-state index < -0.39 is 0 Å². The number of hydrogen-bond acceptors (Lipinski definition) is 2. The molecule has 0 aliphatic heterocycles. The van der Waals surface area contributed by atoms with E-state index in [0.29, 0.717) is 5.58 Å². The zero-order valence-electron chi connectivity index (χ0n) is 10.6. The maximum absolute atomic E-state index is 11.3. The highest BCUT2D eigenvalue weighted by Gasteiger charge is 2.07. The highest BCUT2D eigenvalue weighted by atomic mass is 16.4. The topological polar surface area (TPSA) is 46.0 Å². The molecule has 0 fully saturated rings. The second-order valence-electron chi connectivity index (χ2n) is 4.75. The van der Waals surface area contributed by atoms with Gasteiger partial charge in [-0.15, -0.1) is 0 Å². The van der Waals surface area contributed by atoms with Crippen LogP contribution in [0, 0.1) is 0 Å². The van der Waals surface area contributed by atoms with Gasteiger partial charge in [0.2, 0.25) is 0 Å². The van der Waals surface area contributed by atoms with Crippen LogP contribution < -0.4 is 5.63 Å². The molecule has 0 spiro atoms. The van der Waals surface area contributed by atoms with Gasteiger partial charge in [0, 0.05) is 34.1 Å². The summed E-state index contributed by atoms with van der Waals surface area (Å²) in [6, 6.07) is 17.3. The summed E-state index contributed by atoms with van der Waals surface area (Å²) in [4.78, 5) is 14.6. The van der Waals surface area contributed by atoms with E-state index in [1.54, 1.807) is 6.07 Å². The van der Waals surface area contributed by atoms with Gasteiger partial charge in [-0.1, -0.05) is 30.3 Å². The van der Waals surface area contributed by atoms with E-state index in [2.05, 4.69) is 11.1 Å². The Balaban J connectivity index is 2.00. The zero-order valence-corrected chi connectivity index (χ0v) is 10.6. The van der Waals surface area contributed by atoms with Gasteiger partial charge in [-0.2, -0.15) is 0 Å². The number of hydrogen-bond donors (Lipinski definition) is 1. The molecular formula is C17H11NO2. The molecule has 0 saturated carbocycles. The molecule has 3 nitrogen and oxygen atoms in total. The second kappa shape index (κ2) is 4.10. The van der Waals surface area contributed by atoms with Gasteiger partial charge in [0.1, 0.15) is 5.58 Å². The molecule has 0 aliphatic rings. The largest absolute Gasteiger partial charge is 0.423 e. The maximum atomic E-state index is 11.3. The maximum Gasteiger partial charge on any atom is 0.336 e. The van der Waals surface area contributed by atoms with Crippen molar-refractivity contribution in [3.05, 3.63) is 71.2 Å². The Morgan fingerprint density at radius 1 is 0.950 bits per heavy atom. The standard InChI is InChI=1S/C17H11NO2/c19-17-8-7-11-5-6-12(9-16(11)20-17)14-10-18-15-4-2-1-3-13(14)15/h1-10,18H. The number of nitrogens with one attached hydrogen (secondary N) is 1. The Kier molecular flexibility index (Phi) is 2.27. The average molecular weight is 261 g/mol. The van der Waals surface area contributed by atoms with E-state index in [9.17, 15) is 4.79 Å². The summed E-state index contributed by atoms with van der Waals surface area (Å²) in [5, 5.41) is 2.08. The Labute approximate surface area is 114 Å². The van der Waals surface area contributed by atoms with E-state index in [4.69, 9.17) is 4.42 Å². The van der Waals surface area contributed by atoms with E-state index >= 15 is 0 Å². The number of fused-ring (bicyclic) bond motifs is 2. The number of aromatic amines is 1. The van der Waals surface area contributed by atoms with E-state index in [1.807, 2.05) is 42.6 Å². The van der Waals surface area contributed by atoms with Crippen LogP contribution in [0.5, 0.6) is 0 Å². The van der Waals surface area contributed by atoms with E-state index in [1.165, 1.54) is 6.07 Å². The minimum absolute atomic E-state index is 0.325. The number of para-hydroxylation sites is 1. The number of rotatable bonds is 1. The van der Waals surface area contributed by atoms with Crippen LogP contribution >= 0.6 is 0 Å². The lowest BCUT2D eigenvalue weighted by Crippen LogP contribution is -1.94. The minimum Gasteiger partial charge on any atom is -0.423 e. The van der Waals surface area contributed by atoms with Crippen LogP contribution in [0.2, 0.25) is 0 Å². The summed E-state index contributed by atoms with van der Waals surface area (Å²) in [6.45, 7) is 0. The summed E-state index contributed by atoms with van der Waals surface area (Å²) in [7, 11) is 0. The molecule has 20 heavy (non-hydrogen) atoms. The van der Waals surface area contributed by atoms with Gasteiger partial charge in [-0.05, 0) is 23.8 Å². The van der Waals surface area contributed by atoms with Crippen molar-refractivity contribution in [3.8, 4) is 11.1 Å². The Morgan fingerprint density at radius 3 is 2.75 bits per heavy atom. The second-order valence-corrected chi connectivity index (χ2v) is 4.75. The molecule has 2 heterocycles. The lowest BCUT2D eigenvalue weighted by Gasteiger charge is -2.01. The molecule has 4 aromatic rings. The van der Waals surface area contributed by atoms with Crippen LogP contribution in [0.4, 0.5) is 0 Å². The minimum atomic E-state index is -0.325. The predicted molar refractivity (Wildman–Crippen MR) is 79.8 cm³/mol. The molecule has 2 aromatic heterocycles. The van der Waals surface area contributed by atoms with Crippen LogP contribution in [-0.4, -0.2) is 4.98 Å². The number of benzene rings is 2. The third-order valence-electron chi connectivity index (χ3n) is 3.52. The number of H-pyrrole nitrogens is 1.